The number of nitrogens with two attached hydrogens (primary N) is 1. The molecule has 1 aliphatic rings. The minimum absolute atomic E-state index is 0.0439. The number of benzene rings is 1. The Labute approximate surface area is 197 Å². The summed E-state index contributed by atoms with van der Waals surface area (Å²) in [5, 5.41) is 0. The molecule has 0 radical (unpaired) electrons. The summed E-state index contributed by atoms with van der Waals surface area (Å²) >= 11 is 0. The zero-order valence-electron chi connectivity index (χ0n) is 19.0. The number of carbonyl (C=O) groups is 1. The Balaban J connectivity index is 1.73. The first-order chi connectivity index (χ1) is 16.0. The van der Waals surface area contributed by atoms with Gasteiger partial charge in [0.05, 0.1) is 23.3 Å². The fraction of sp³-hybridized carbons (Fsp3) is 0.292. The van der Waals surface area contributed by atoms with E-state index in [0.29, 0.717) is 11.3 Å². The van der Waals surface area contributed by atoms with Gasteiger partial charge in [-0.05, 0) is 50.6 Å². The number of aromatic nitrogens is 3. The first-order valence-electron chi connectivity index (χ1n) is 10.6. The third-order valence-electron chi connectivity index (χ3n) is 6.15. The zero-order chi connectivity index (χ0) is 24.7. The van der Waals surface area contributed by atoms with Gasteiger partial charge in [0.2, 0.25) is 0 Å². The minimum Gasteiger partial charge on any atom is -0.386 e. The number of halogens is 1. The molecular weight excluding hydrogens is 457 g/mol. The lowest BCUT2D eigenvalue weighted by molar-refractivity contribution is 0.0987. The zero-order valence-corrected chi connectivity index (χ0v) is 19.8. The monoisotopic (exact) mass is 481 g/mol. The second-order valence-corrected chi connectivity index (χ2v) is 11.1. The molecule has 8 nitrogen and oxygen atoms in total. The fourth-order valence-electron chi connectivity index (χ4n) is 4.06. The molecule has 0 saturated heterocycles. The summed E-state index contributed by atoms with van der Waals surface area (Å²) < 4.78 is 40.3. The molecule has 0 fully saturated rings. The van der Waals surface area contributed by atoms with Crippen LogP contribution in [0.2, 0.25) is 0 Å². The molecule has 0 saturated carbocycles. The summed E-state index contributed by atoms with van der Waals surface area (Å²) in [5.74, 6) is -1.58. The number of hydrogen-bond acceptors (Lipinski definition) is 8. The highest BCUT2D eigenvalue weighted by molar-refractivity contribution is 7.93. The average molecular weight is 482 g/mol. The molecule has 2 atom stereocenters. The number of hydrogen-bond donors (Lipinski definition) is 1. The van der Waals surface area contributed by atoms with E-state index in [9.17, 15) is 17.6 Å². The highest BCUT2D eigenvalue weighted by Crippen LogP contribution is 2.42. The van der Waals surface area contributed by atoms with Crippen LogP contribution < -0.4 is 5.73 Å². The van der Waals surface area contributed by atoms with Gasteiger partial charge < -0.3 is 5.73 Å². The minimum atomic E-state index is -3.95. The number of aryl methyl sites for hydroxylation is 1. The van der Waals surface area contributed by atoms with Crippen LogP contribution in [-0.4, -0.2) is 40.7 Å². The van der Waals surface area contributed by atoms with Gasteiger partial charge in [-0.15, -0.1) is 0 Å². The number of carbonyl (C=O) groups excluding carboxylic acids is 1. The van der Waals surface area contributed by atoms with Crippen molar-refractivity contribution in [3.63, 3.8) is 0 Å². The number of ketones is 1. The Bertz CT molecular complexity index is 1390. The van der Waals surface area contributed by atoms with Gasteiger partial charge in [-0.25, -0.2) is 17.8 Å². The lowest BCUT2D eigenvalue weighted by atomic mass is 9.90. The fourth-order valence-corrected chi connectivity index (χ4v) is 6.11. The van der Waals surface area contributed by atoms with Gasteiger partial charge in [0, 0.05) is 24.4 Å². The van der Waals surface area contributed by atoms with E-state index in [1.54, 1.807) is 25.1 Å². The average Bonchev–Trinajstić information content (AvgIpc) is 2.79. The SMILES string of the molecule is Cc1cnc(C(=O)Cc2ccc(F)c([C@]3(C)CS(=O)(=O)[C@@](C)(c4ccccn4)C(N)=N3)c2)cn1. The lowest BCUT2D eigenvalue weighted by Crippen LogP contribution is -2.55. The third kappa shape index (κ3) is 3.98. The van der Waals surface area contributed by atoms with E-state index in [1.807, 2.05) is 0 Å². The normalized spacial score (nSPS) is 23.8. The molecule has 10 heteroatoms. The van der Waals surface area contributed by atoms with E-state index in [1.165, 1.54) is 50.6 Å². The van der Waals surface area contributed by atoms with E-state index in [0.717, 1.165) is 0 Å². The molecule has 2 aromatic heterocycles. The Kier molecular flexibility index (Phi) is 5.80. The van der Waals surface area contributed by atoms with Crippen molar-refractivity contribution in [1.82, 2.24) is 15.0 Å². The summed E-state index contributed by atoms with van der Waals surface area (Å²) in [5.41, 5.74) is 6.41. The summed E-state index contributed by atoms with van der Waals surface area (Å²) in [6.07, 6.45) is 4.31. The van der Waals surface area contributed by atoms with Crippen molar-refractivity contribution < 1.29 is 17.6 Å². The Hall–Kier alpha value is -3.53. The maximum absolute atomic E-state index is 15.0. The van der Waals surface area contributed by atoms with Gasteiger partial charge >= 0.3 is 0 Å². The van der Waals surface area contributed by atoms with E-state index in [4.69, 9.17) is 5.73 Å². The smallest absolute Gasteiger partial charge is 0.187 e. The molecule has 2 N–H and O–H groups in total. The van der Waals surface area contributed by atoms with Crippen LogP contribution in [0.5, 0.6) is 0 Å². The van der Waals surface area contributed by atoms with Crippen LogP contribution in [0.1, 0.15) is 46.9 Å². The number of nitrogens with zero attached hydrogens (tertiary/aromatic N) is 4. The summed E-state index contributed by atoms with van der Waals surface area (Å²) in [6.45, 7) is 4.74. The molecule has 3 aromatic rings. The molecule has 0 amide bonds. The predicted octanol–water partition coefficient (Wildman–Crippen LogP) is 2.66. The predicted molar refractivity (Wildman–Crippen MR) is 126 cm³/mol. The van der Waals surface area contributed by atoms with Gasteiger partial charge in [-0.2, -0.15) is 0 Å². The molecule has 0 aliphatic carbocycles. The van der Waals surface area contributed by atoms with E-state index in [-0.39, 0.29) is 35.0 Å². The second-order valence-electron chi connectivity index (χ2n) is 8.74. The van der Waals surface area contributed by atoms with Crippen LogP contribution in [-0.2, 0) is 26.5 Å². The maximum atomic E-state index is 15.0. The van der Waals surface area contributed by atoms with Crippen molar-refractivity contribution in [2.45, 2.75) is 37.5 Å². The number of amidine groups is 1. The quantitative estimate of drug-likeness (QED) is 0.555. The molecule has 4 rings (SSSR count). The molecule has 34 heavy (non-hydrogen) atoms. The molecular formula is C24H24FN5O3S. The van der Waals surface area contributed by atoms with Crippen molar-refractivity contribution in [3.05, 3.63) is 89.0 Å². The van der Waals surface area contributed by atoms with Gasteiger partial charge in [0.1, 0.15) is 22.9 Å². The highest BCUT2D eigenvalue weighted by Gasteiger charge is 2.54. The van der Waals surface area contributed by atoms with Crippen molar-refractivity contribution in [2.75, 3.05) is 5.75 Å². The van der Waals surface area contributed by atoms with Gasteiger partial charge in [-0.3, -0.25) is 19.8 Å². The van der Waals surface area contributed by atoms with Gasteiger partial charge in [-0.1, -0.05) is 12.1 Å². The third-order valence-corrected chi connectivity index (χ3v) is 8.75. The topological polar surface area (TPSA) is 128 Å². The van der Waals surface area contributed by atoms with Crippen molar-refractivity contribution >= 4 is 21.5 Å². The van der Waals surface area contributed by atoms with E-state index >= 15 is 0 Å². The summed E-state index contributed by atoms with van der Waals surface area (Å²) in [4.78, 5) is 29.4. The van der Waals surface area contributed by atoms with Crippen LogP contribution in [0.3, 0.4) is 0 Å². The largest absolute Gasteiger partial charge is 0.386 e. The number of rotatable bonds is 5. The standard InChI is InChI=1S/C24H24FN5O3S/c1-15-12-29-19(13-28-15)20(31)11-16-7-8-18(25)17(10-16)23(2)14-34(32,33)24(3,22(26)30-23)21-6-4-5-9-27-21/h4-10,12-13H,11,14H2,1-3H3,(H2,26,30)/t23-,24-/m0/s1. The van der Waals surface area contributed by atoms with Crippen molar-refractivity contribution in [1.29, 1.82) is 0 Å². The van der Waals surface area contributed by atoms with Gasteiger partial charge in [0.15, 0.2) is 20.4 Å². The second kappa shape index (κ2) is 8.35. The van der Waals surface area contributed by atoms with Crippen LogP contribution in [0.4, 0.5) is 4.39 Å². The Morgan fingerprint density at radius 3 is 2.50 bits per heavy atom. The van der Waals surface area contributed by atoms with Crippen LogP contribution in [0.25, 0.3) is 0 Å². The number of aliphatic imine (C=N–C) groups is 1. The van der Waals surface area contributed by atoms with Crippen LogP contribution in [0, 0.1) is 12.7 Å². The summed E-state index contributed by atoms with van der Waals surface area (Å²) in [6, 6.07) is 9.06. The van der Waals surface area contributed by atoms with Crippen molar-refractivity contribution in [3.8, 4) is 0 Å². The highest BCUT2D eigenvalue weighted by atomic mass is 32.2. The summed E-state index contributed by atoms with van der Waals surface area (Å²) in [7, 11) is -3.95. The first-order valence-corrected chi connectivity index (χ1v) is 12.2. The van der Waals surface area contributed by atoms with E-state index < -0.39 is 31.7 Å². The van der Waals surface area contributed by atoms with E-state index in [2.05, 4.69) is 19.9 Å². The van der Waals surface area contributed by atoms with Crippen LogP contribution >= 0.6 is 0 Å². The Morgan fingerprint density at radius 2 is 1.88 bits per heavy atom. The lowest BCUT2D eigenvalue weighted by Gasteiger charge is -2.39. The molecule has 176 valence electrons. The van der Waals surface area contributed by atoms with Crippen LogP contribution in [0.15, 0.2) is 60.0 Å². The maximum Gasteiger partial charge on any atom is 0.187 e. The first kappa shape index (κ1) is 23.6. The molecule has 0 spiro atoms. The Morgan fingerprint density at radius 1 is 1.12 bits per heavy atom. The van der Waals surface area contributed by atoms with Crippen molar-refractivity contribution in [2.24, 2.45) is 10.7 Å². The molecule has 3 heterocycles. The molecule has 0 bridgehead atoms. The number of Topliss-reactive ketones (excluding diaryl/α,β-unsaturated/α-hetero) is 1. The molecule has 1 aliphatic heterocycles. The molecule has 0 unspecified atom stereocenters. The number of sulfone groups is 1. The van der Waals surface area contributed by atoms with Gasteiger partial charge in [0.25, 0.3) is 0 Å². The molecule has 1 aromatic carbocycles. The number of pyridine rings is 1.